The van der Waals surface area contributed by atoms with Crippen molar-refractivity contribution in [2.24, 2.45) is 11.8 Å². The van der Waals surface area contributed by atoms with E-state index in [4.69, 9.17) is 10.2 Å². The van der Waals surface area contributed by atoms with Gasteiger partial charge in [-0.3, -0.25) is 4.79 Å². The second-order valence-corrected chi connectivity index (χ2v) is 8.75. The lowest BCUT2D eigenvalue weighted by Crippen LogP contribution is -2.40. The zero-order chi connectivity index (χ0) is 22.7. The Morgan fingerprint density at radius 2 is 1.97 bits per heavy atom. The fraction of sp³-hybridized carbons (Fsp3) is 0.542. The number of hydrogen-bond acceptors (Lipinski definition) is 6. The molecule has 166 valence electrons. The second kappa shape index (κ2) is 9.40. The number of fused-ring (bicyclic) bond motifs is 1. The van der Waals surface area contributed by atoms with E-state index in [1.165, 1.54) is 0 Å². The van der Waals surface area contributed by atoms with Crippen LogP contribution in [0.5, 0.6) is 0 Å². The summed E-state index contributed by atoms with van der Waals surface area (Å²) in [7, 11) is 1.82. The zero-order valence-electron chi connectivity index (χ0n) is 18.5. The van der Waals surface area contributed by atoms with E-state index >= 15 is 0 Å². The molecule has 1 saturated carbocycles. The topological polar surface area (TPSA) is 111 Å². The first-order chi connectivity index (χ1) is 15.6. The summed E-state index contributed by atoms with van der Waals surface area (Å²) in [5.41, 5.74) is 2.42. The summed E-state index contributed by atoms with van der Waals surface area (Å²) in [6.07, 6.45) is 9.21. The number of carbonyl (C=O) groups is 1. The van der Waals surface area contributed by atoms with Gasteiger partial charge in [0.1, 0.15) is 11.3 Å². The Kier molecular flexibility index (Phi) is 6.41. The van der Waals surface area contributed by atoms with Crippen LogP contribution in [0.4, 0.5) is 5.82 Å². The highest BCUT2D eigenvalue weighted by atomic mass is 16.2. The molecule has 2 aliphatic rings. The maximum atomic E-state index is 13.6. The molecule has 1 N–H and O–H groups in total. The number of nitrogens with one attached hydrogen (secondary N) is 1. The molecular weight excluding hydrogens is 402 g/mol. The number of likely N-dealkylation sites (tertiary alicyclic amines) is 1. The molecule has 2 aromatic heterocycles. The average Bonchev–Trinajstić information content (AvgIpc) is 3.23. The summed E-state index contributed by atoms with van der Waals surface area (Å²) in [5, 5.41) is 21.4. The number of nitrogens with zero attached hydrogens (tertiary/aromatic N) is 6. The lowest BCUT2D eigenvalue weighted by molar-refractivity contribution is 0.0685. The number of carbonyl (C=O) groups excluding carboxylic acids is 1. The minimum atomic E-state index is -0.0854. The number of nitriles is 2. The normalized spacial score (nSPS) is 21.7. The fourth-order valence-electron chi connectivity index (χ4n) is 5.10. The monoisotopic (exact) mass is 431 g/mol. The van der Waals surface area contributed by atoms with Crippen molar-refractivity contribution >= 4 is 28.8 Å². The van der Waals surface area contributed by atoms with E-state index in [1.54, 1.807) is 12.3 Å². The van der Waals surface area contributed by atoms with Gasteiger partial charge in [0.05, 0.1) is 23.9 Å². The van der Waals surface area contributed by atoms with Crippen molar-refractivity contribution in [1.29, 1.82) is 10.5 Å². The Balaban J connectivity index is 1.76. The number of pyridine rings is 1. The van der Waals surface area contributed by atoms with Crippen molar-refractivity contribution in [3.8, 4) is 12.1 Å². The summed E-state index contributed by atoms with van der Waals surface area (Å²) < 4.78 is 2.11. The summed E-state index contributed by atoms with van der Waals surface area (Å²) in [4.78, 5) is 24.7. The number of aromatic nitrogens is 3. The lowest BCUT2D eigenvalue weighted by atomic mass is 9.84. The van der Waals surface area contributed by atoms with Gasteiger partial charge in [-0.1, -0.05) is 12.7 Å². The number of anilines is 1. The quantitative estimate of drug-likeness (QED) is 0.762. The fourth-order valence-corrected chi connectivity index (χ4v) is 5.10. The summed E-state index contributed by atoms with van der Waals surface area (Å²) in [5.74, 6) is 1.50. The van der Waals surface area contributed by atoms with Crippen molar-refractivity contribution in [3.05, 3.63) is 24.2 Å². The Morgan fingerprint density at radius 3 is 2.56 bits per heavy atom. The smallest absolute Gasteiger partial charge is 0.289 e. The van der Waals surface area contributed by atoms with Crippen LogP contribution < -0.4 is 5.32 Å². The van der Waals surface area contributed by atoms with E-state index in [9.17, 15) is 10.1 Å². The molecule has 0 unspecified atom stereocenters. The molecule has 3 heterocycles. The van der Waals surface area contributed by atoms with Gasteiger partial charge in [0.15, 0.2) is 0 Å². The van der Waals surface area contributed by atoms with E-state index in [0.717, 1.165) is 36.8 Å². The highest BCUT2D eigenvalue weighted by molar-refractivity contribution is 5.98. The predicted molar refractivity (Wildman–Crippen MR) is 123 cm³/mol. The molecule has 0 aromatic carbocycles. The van der Waals surface area contributed by atoms with Gasteiger partial charge < -0.3 is 14.8 Å². The molecule has 4 rings (SSSR count). The maximum Gasteiger partial charge on any atom is 0.289 e. The van der Waals surface area contributed by atoms with Crippen LogP contribution in [0.1, 0.15) is 67.2 Å². The first-order valence-electron chi connectivity index (χ1n) is 11.4. The van der Waals surface area contributed by atoms with Gasteiger partial charge in [-0.2, -0.15) is 10.5 Å². The lowest BCUT2D eigenvalue weighted by Gasteiger charge is -2.32. The highest BCUT2D eigenvalue weighted by Crippen LogP contribution is 2.38. The summed E-state index contributed by atoms with van der Waals surface area (Å²) in [6, 6.07) is 4.76. The molecule has 1 amide bonds. The maximum absolute atomic E-state index is 13.6. The summed E-state index contributed by atoms with van der Waals surface area (Å²) in [6.45, 7) is 5.14. The van der Waals surface area contributed by atoms with Crippen LogP contribution in [0.25, 0.3) is 17.1 Å². The van der Waals surface area contributed by atoms with Gasteiger partial charge >= 0.3 is 0 Å². The highest BCUT2D eigenvalue weighted by Gasteiger charge is 2.32. The van der Waals surface area contributed by atoms with Crippen molar-refractivity contribution in [3.63, 3.8) is 0 Å². The van der Waals surface area contributed by atoms with E-state index in [1.807, 2.05) is 11.9 Å². The molecule has 32 heavy (non-hydrogen) atoms. The third kappa shape index (κ3) is 3.93. The third-order valence-corrected chi connectivity index (χ3v) is 6.92. The van der Waals surface area contributed by atoms with Crippen molar-refractivity contribution in [2.45, 2.75) is 51.0 Å². The van der Waals surface area contributed by atoms with E-state index < -0.39 is 0 Å². The minimum Gasteiger partial charge on any atom is -0.373 e. The summed E-state index contributed by atoms with van der Waals surface area (Å²) >= 11 is 0. The van der Waals surface area contributed by atoms with Crippen LogP contribution in [-0.4, -0.2) is 45.5 Å². The molecule has 0 spiro atoms. The van der Waals surface area contributed by atoms with Crippen molar-refractivity contribution < 1.29 is 4.79 Å². The van der Waals surface area contributed by atoms with Gasteiger partial charge in [0.25, 0.3) is 5.91 Å². The molecule has 8 nitrogen and oxygen atoms in total. The SMILES string of the molecule is C=Cc1c(NC)ncc2nc(C(=O)N3CCC(C#N)CC3)n(C3CCC(CC#N)CC3)c12. The minimum absolute atomic E-state index is 0.0167. The van der Waals surface area contributed by atoms with E-state index in [2.05, 4.69) is 33.6 Å². The molecule has 8 heteroatoms. The first kappa shape index (κ1) is 21.8. The first-order valence-corrected chi connectivity index (χ1v) is 11.4. The molecule has 1 aliphatic heterocycles. The molecular formula is C24H29N7O. The van der Waals surface area contributed by atoms with E-state index in [0.29, 0.717) is 55.4 Å². The molecule has 2 aromatic rings. The predicted octanol–water partition coefficient (Wildman–Crippen LogP) is 4.14. The van der Waals surface area contributed by atoms with Crippen LogP contribution in [0.15, 0.2) is 12.8 Å². The van der Waals surface area contributed by atoms with Crippen LogP contribution in [0, 0.1) is 34.5 Å². The average molecular weight is 432 g/mol. The standard InChI is InChI=1S/C24H29N7O/c1-3-19-21-20(15-28-22(19)27-2)29-23(24(32)30-12-9-17(14-26)10-13-30)31(21)18-6-4-16(5-7-18)8-11-25/h3,15-18H,1,4-10,12-13H2,2H3,(H,27,28). The largest absolute Gasteiger partial charge is 0.373 e. The molecule has 0 radical (unpaired) electrons. The van der Waals surface area contributed by atoms with Crippen molar-refractivity contribution in [1.82, 2.24) is 19.4 Å². The van der Waals surface area contributed by atoms with Crippen LogP contribution in [0.2, 0.25) is 0 Å². The Hall–Kier alpha value is -3.39. The molecule has 0 bridgehead atoms. The van der Waals surface area contributed by atoms with Crippen LogP contribution in [0.3, 0.4) is 0 Å². The van der Waals surface area contributed by atoms with Gasteiger partial charge in [-0.05, 0) is 44.4 Å². The number of amides is 1. The van der Waals surface area contributed by atoms with Gasteiger partial charge in [-0.25, -0.2) is 9.97 Å². The number of piperidine rings is 1. The van der Waals surface area contributed by atoms with Gasteiger partial charge in [0, 0.05) is 44.1 Å². The number of imidazole rings is 1. The van der Waals surface area contributed by atoms with E-state index in [-0.39, 0.29) is 17.9 Å². The second-order valence-electron chi connectivity index (χ2n) is 8.75. The third-order valence-electron chi connectivity index (χ3n) is 6.92. The zero-order valence-corrected chi connectivity index (χ0v) is 18.5. The number of hydrogen-bond donors (Lipinski definition) is 1. The van der Waals surface area contributed by atoms with Crippen LogP contribution >= 0.6 is 0 Å². The number of rotatable bonds is 5. The van der Waals surface area contributed by atoms with Gasteiger partial charge in [0.2, 0.25) is 5.82 Å². The van der Waals surface area contributed by atoms with Crippen molar-refractivity contribution in [2.75, 3.05) is 25.5 Å². The Morgan fingerprint density at radius 1 is 1.25 bits per heavy atom. The molecule has 1 aliphatic carbocycles. The molecule has 1 saturated heterocycles. The Bertz CT molecular complexity index is 1090. The van der Waals surface area contributed by atoms with Crippen LogP contribution in [-0.2, 0) is 0 Å². The molecule has 2 fully saturated rings. The Labute approximate surface area is 188 Å². The molecule has 0 atom stereocenters. The van der Waals surface area contributed by atoms with Gasteiger partial charge in [-0.15, -0.1) is 0 Å².